The van der Waals surface area contributed by atoms with Crippen LogP contribution in [0.25, 0.3) is 0 Å². The van der Waals surface area contributed by atoms with Gasteiger partial charge in [0, 0.05) is 30.7 Å². The van der Waals surface area contributed by atoms with Crippen LogP contribution in [0, 0.1) is 0 Å². The van der Waals surface area contributed by atoms with Crippen molar-refractivity contribution in [2.24, 2.45) is 0 Å². The summed E-state index contributed by atoms with van der Waals surface area (Å²) in [6.07, 6.45) is 6.57. The molecule has 1 atom stereocenters. The van der Waals surface area contributed by atoms with Crippen LogP contribution in [0.15, 0.2) is 0 Å². The normalized spacial score (nSPS) is 20.1. The van der Waals surface area contributed by atoms with Gasteiger partial charge in [-0.3, -0.25) is 0 Å². The van der Waals surface area contributed by atoms with Crippen molar-refractivity contribution in [1.82, 2.24) is 15.1 Å². The van der Waals surface area contributed by atoms with Crippen LogP contribution in [-0.2, 0) is 0 Å². The molecule has 0 aromatic carbocycles. The molecule has 0 amide bonds. The highest BCUT2D eigenvalue weighted by molar-refractivity contribution is 4.98. The first-order valence-corrected chi connectivity index (χ1v) is 8.06. The average Bonchev–Trinajstić information content (AvgIpc) is 2.33. The zero-order valence-corrected chi connectivity index (χ0v) is 14.0. The Labute approximate surface area is 120 Å². The smallest absolute Gasteiger partial charge is 0.0330 e. The molecule has 19 heavy (non-hydrogen) atoms. The van der Waals surface area contributed by atoms with Gasteiger partial charge in [0.25, 0.3) is 0 Å². The second-order valence-electron chi connectivity index (χ2n) is 6.66. The fraction of sp³-hybridized carbons (Fsp3) is 1.00. The van der Waals surface area contributed by atoms with Crippen LogP contribution in [-0.4, -0.2) is 61.7 Å². The molecule has 1 fully saturated rings. The van der Waals surface area contributed by atoms with Crippen molar-refractivity contribution in [2.45, 2.75) is 70.5 Å². The lowest BCUT2D eigenvalue weighted by Gasteiger charge is -2.50. The van der Waals surface area contributed by atoms with Crippen molar-refractivity contribution < 1.29 is 0 Å². The Balaban J connectivity index is 2.37. The summed E-state index contributed by atoms with van der Waals surface area (Å²) in [5.41, 5.74) is 0.442. The zero-order chi connectivity index (χ0) is 14.5. The molecule has 1 rings (SSSR count). The molecule has 0 spiro atoms. The Morgan fingerprint density at radius 3 is 2.05 bits per heavy atom. The second kappa shape index (κ2) is 7.61. The molecule has 0 saturated heterocycles. The zero-order valence-electron chi connectivity index (χ0n) is 14.0. The molecule has 0 aliphatic heterocycles. The Kier molecular flexibility index (Phi) is 6.78. The third-order valence-corrected chi connectivity index (χ3v) is 5.22. The van der Waals surface area contributed by atoms with E-state index in [0.717, 1.165) is 6.54 Å². The van der Waals surface area contributed by atoms with Gasteiger partial charge in [-0.25, -0.2) is 0 Å². The Hall–Kier alpha value is -0.120. The summed E-state index contributed by atoms with van der Waals surface area (Å²) >= 11 is 0. The van der Waals surface area contributed by atoms with E-state index in [4.69, 9.17) is 0 Å². The fourth-order valence-corrected chi connectivity index (χ4v) is 3.02. The minimum Gasteiger partial charge on any atom is -0.312 e. The van der Waals surface area contributed by atoms with E-state index in [9.17, 15) is 0 Å². The van der Waals surface area contributed by atoms with Crippen molar-refractivity contribution in [2.75, 3.05) is 34.2 Å². The predicted molar refractivity (Wildman–Crippen MR) is 84.7 cm³/mol. The fourth-order valence-electron chi connectivity index (χ4n) is 3.02. The van der Waals surface area contributed by atoms with E-state index in [-0.39, 0.29) is 0 Å². The first-order chi connectivity index (χ1) is 8.95. The van der Waals surface area contributed by atoms with Gasteiger partial charge in [-0.2, -0.15) is 0 Å². The highest BCUT2D eigenvalue weighted by atomic mass is 15.2. The van der Waals surface area contributed by atoms with Gasteiger partial charge in [0.1, 0.15) is 0 Å². The van der Waals surface area contributed by atoms with Gasteiger partial charge in [0.2, 0.25) is 0 Å². The quantitative estimate of drug-likeness (QED) is 0.694. The van der Waals surface area contributed by atoms with Crippen LogP contribution in [0.4, 0.5) is 0 Å². The topological polar surface area (TPSA) is 18.5 Å². The summed E-state index contributed by atoms with van der Waals surface area (Å²) < 4.78 is 0. The second-order valence-corrected chi connectivity index (χ2v) is 6.66. The maximum Gasteiger partial charge on any atom is 0.0330 e. The third-order valence-electron chi connectivity index (χ3n) is 5.22. The van der Waals surface area contributed by atoms with E-state index in [1.165, 1.54) is 38.6 Å². The van der Waals surface area contributed by atoms with Gasteiger partial charge in [0.15, 0.2) is 0 Å². The molecule has 1 unspecified atom stereocenters. The largest absolute Gasteiger partial charge is 0.312 e. The molecule has 1 aliphatic rings. The van der Waals surface area contributed by atoms with E-state index < -0.39 is 0 Å². The monoisotopic (exact) mass is 269 g/mol. The van der Waals surface area contributed by atoms with Crippen molar-refractivity contribution in [1.29, 1.82) is 0 Å². The number of nitrogens with one attached hydrogen (secondary N) is 1. The Morgan fingerprint density at radius 2 is 1.68 bits per heavy atom. The van der Waals surface area contributed by atoms with Gasteiger partial charge in [-0.05, 0) is 60.2 Å². The molecule has 1 N–H and O–H groups in total. The van der Waals surface area contributed by atoms with Crippen LogP contribution in [0.3, 0.4) is 0 Å². The van der Waals surface area contributed by atoms with Gasteiger partial charge < -0.3 is 15.1 Å². The molecule has 114 valence electrons. The number of nitrogens with zero attached hydrogens (tertiary/aromatic N) is 2. The third kappa shape index (κ3) is 4.44. The molecule has 1 saturated carbocycles. The van der Waals surface area contributed by atoms with Gasteiger partial charge in [-0.15, -0.1) is 0 Å². The van der Waals surface area contributed by atoms with Gasteiger partial charge in [0.05, 0.1) is 0 Å². The predicted octanol–water partition coefficient (Wildman–Crippen LogP) is 2.57. The lowest BCUT2D eigenvalue weighted by Crippen LogP contribution is -2.58. The summed E-state index contributed by atoms with van der Waals surface area (Å²) in [5.74, 6) is 0. The summed E-state index contributed by atoms with van der Waals surface area (Å²) in [5, 5.41) is 3.70. The van der Waals surface area contributed by atoms with Crippen molar-refractivity contribution in [3.8, 4) is 0 Å². The highest BCUT2D eigenvalue weighted by Crippen LogP contribution is 2.36. The van der Waals surface area contributed by atoms with Crippen molar-refractivity contribution in [3.63, 3.8) is 0 Å². The maximum atomic E-state index is 3.70. The lowest BCUT2D eigenvalue weighted by molar-refractivity contribution is 0.0179. The van der Waals surface area contributed by atoms with E-state index in [0.29, 0.717) is 17.6 Å². The van der Waals surface area contributed by atoms with E-state index in [1.54, 1.807) is 0 Å². The standard InChI is InChI=1S/C16H35N3/c1-7-15(8-2)17-12-14(3)19(6)13-16(18(4)5)10-9-11-16/h14-15,17H,7-13H2,1-6H3. The molecule has 3 heteroatoms. The minimum atomic E-state index is 0.442. The van der Waals surface area contributed by atoms with Crippen LogP contribution < -0.4 is 5.32 Å². The molecule has 0 aromatic rings. The van der Waals surface area contributed by atoms with Crippen LogP contribution in [0.1, 0.15) is 52.9 Å². The molecule has 1 aliphatic carbocycles. The molecule has 0 aromatic heterocycles. The number of rotatable bonds is 9. The number of likely N-dealkylation sites (N-methyl/N-ethyl adjacent to an activating group) is 2. The molecule has 0 radical (unpaired) electrons. The molecule has 3 nitrogen and oxygen atoms in total. The number of hydrogen-bond donors (Lipinski definition) is 1. The van der Waals surface area contributed by atoms with Gasteiger partial charge >= 0.3 is 0 Å². The molecule has 0 heterocycles. The SMILES string of the molecule is CCC(CC)NCC(C)N(C)CC1(N(C)C)CCC1. The molecule has 0 bridgehead atoms. The molecular formula is C16H35N3. The summed E-state index contributed by atoms with van der Waals surface area (Å²) in [4.78, 5) is 4.97. The average molecular weight is 269 g/mol. The first kappa shape index (κ1) is 16.9. The van der Waals surface area contributed by atoms with Gasteiger partial charge in [-0.1, -0.05) is 13.8 Å². The lowest BCUT2D eigenvalue weighted by atomic mass is 9.75. The van der Waals surface area contributed by atoms with E-state index in [2.05, 4.69) is 57.0 Å². The highest BCUT2D eigenvalue weighted by Gasteiger charge is 2.40. The van der Waals surface area contributed by atoms with E-state index >= 15 is 0 Å². The Morgan fingerprint density at radius 1 is 1.11 bits per heavy atom. The molecular weight excluding hydrogens is 234 g/mol. The van der Waals surface area contributed by atoms with Crippen molar-refractivity contribution >= 4 is 0 Å². The summed E-state index contributed by atoms with van der Waals surface area (Å²) in [7, 11) is 6.75. The maximum absolute atomic E-state index is 3.70. The first-order valence-electron chi connectivity index (χ1n) is 8.06. The van der Waals surface area contributed by atoms with Crippen LogP contribution in [0.5, 0.6) is 0 Å². The Bertz CT molecular complexity index is 244. The summed E-state index contributed by atoms with van der Waals surface area (Å²) in [6.45, 7) is 9.19. The van der Waals surface area contributed by atoms with Crippen molar-refractivity contribution in [3.05, 3.63) is 0 Å². The minimum absolute atomic E-state index is 0.442. The van der Waals surface area contributed by atoms with E-state index in [1.807, 2.05) is 0 Å². The summed E-state index contributed by atoms with van der Waals surface area (Å²) in [6, 6.07) is 1.29. The number of hydrogen-bond acceptors (Lipinski definition) is 3. The van der Waals surface area contributed by atoms with Crippen LogP contribution in [0.2, 0.25) is 0 Å². The van der Waals surface area contributed by atoms with Crippen LogP contribution >= 0.6 is 0 Å².